The molecule has 2 atom stereocenters. The first kappa shape index (κ1) is 15.6. The Balaban J connectivity index is 1.80. The standard InChI is InChI=1S/C18H21NOS/c1-14(16-9-5-3-6-10-16)19-18(20)13-21-15(2)17-11-7-4-8-12-17/h3-12,14-15H,13H2,1-2H3,(H,19,20)/t14-,15+/m1/s1. The van der Waals surface area contributed by atoms with Crippen LogP contribution in [0.1, 0.15) is 36.3 Å². The molecule has 2 rings (SSSR count). The molecule has 0 aromatic heterocycles. The van der Waals surface area contributed by atoms with Crippen molar-refractivity contribution in [1.29, 1.82) is 0 Å². The average molecular weight is 299 g/mol. The van der Waals surface area contributed by atoms with E-state index in [1.54, 1.807) is 11.8 Å². The SMILES string of the molecule is C[C@H](SCC(=O)N[C@H](C)c1ccccc1)c1ccccc1. The smallest absolute Gasteiger partial charge is 0.230 e. The number of nitrogens with one attached hydrogen (secondary N) is 1. The third-order valence-electron chi connectivity index (χ3n) is 3.41. The van der Waals surface area contributed by atoms with Gasteiger partial charge in [0.2, 0.25) is 5.91 Å². The van der Waals surface area contributed by atoms with Crippen LogP contribution >= 0.6 is 11.8 Å². The molecular weight excluding hydrogens is 278 g/mol. The van der Waals surface area contributed by atoms with Gasteiger partial charge in [-0.2, -0.15) is 0 Å². The van der Waals surface area contributed by atoms with E-state index in [1.807, 2.05) is 55.5 Å². The van der Waals surface area contributed by atoms with Crippen LogP contribution in [0.4, 0.5) is 0 Å². The van der Waals surface area contributed by atoms with Gasteiger partial charge in [-0.25, -0.2) is 0 Å². The van der Waals surface area contributed by atoms with Gasteiger partial charge in [-0.1, -0.05) is 60.7 Å². The summed E-state index contributed by atoms with van der Waals surface area (Å²) in [7, 11) is 0. The quantitative estimate of drug-likeness (QED) is 0.858. The van der Waals surface area contributed by atoms with Crippen LogP contribution in [-0.4, -0.2) is 11.7 Å². The molecule has 0 saturated carbocycles. The zero-order chi connectivity index (χ0) is 15.1. The number of amides is 1. The molecule has 21 heavy (non-hydrogen) atoms. The van der Waals surface area contributed by atoms with Crippen molar-refractivity contribution in [2.75, 3.05) is 5.75 Å². The molecular formula is C18H21NOS. The number of carbonyl (C=O) groups excluding carboxylic acids is 1. The highest BCUT2D eigenvalue weighted by Crippen LogP contribution is 2.27. The lowest BCUT2D eigenvalue weighted by Gasteiger charge is -2.16. The second-order valence-electron chi connectivity index (χ2n) is 5.06. The molecule has 0 fully saturated rings. The minimum absolute atomic E-state index is 0.0475. The molecule has 0 spiro atoms. The van der Waals surface area contributed by atoms with Crippen LogP contribution in [0.15, 0.2) is 60.7 Å². The van der Waals surface area contributed by atoms with Crippen molar-refractivity contribution in [2.45, 2.75) is 25.1 Å². The van der Waals surface area contributed by atoms with E-state index in [0.29, 0.717) is 11.0 Å². The van der Waals surface area contributed by atoms with Crippen molar-refractivity contribution in [1.82, 2.24) is 5.32 Å². The highest BCUT2D eigenvalue weighted by Gasteiger charge is 2.12. The van der Waals surface area contributed by atoms with Gasteiger partial charge in [-0.15, -0.1) is 11.8 Å². The summed E-state index contributed by atoms with van der Waals surface area (Å²) in [5.74, 6) is 0.562. The van der Waals surface area contributed by atoms with Crippen LogP contribution in [0.5, 0.6) is 0 Å². The number of carbonyl (C=O) groups is 1. The topological polar surface area (TPSA) is 29.1 Å². The molecule has 0 heterocycles. The minimum Gasteiger partial charge on any atom is -0.349 e. The Kier molecular flexibility index (Phi) is 5.88. The predicted molar refractivity (Wildman–Crippen MR) is 90.3 cm³/mol. The molecule has 2 nitrogen and oxygen atoms in total. The maximum absolute atomic E-state index is 12.0. The molecule has 0 aliphatic heterocycles. The largest absolute Gasteiger partial charge is 0.349 e. The van der Waals surface area contributed by atoms with Crippen LogP contribution in [0.25, 0.3) is 0 Å². The molecule has 1 N–H and O–H groups in total. The fraction of sp³-hybridized carbons (Fsp3) is 0.278. The highest BCUT2D eigenvalue weighted by atomic mass is 32.2. The molecule has 2 aromatic rings. The number of hydrogen-bond donors (Lipinski definition) is 1. The van der Waals surface area contributed by atoms with Gasteiger partial charge in [0, 0.05) is 5.25 Å². The molecule has 0 saturated heterocycles. The number of hydrogen-bond acceptors (Lipinski definition) is 2. The van der Waals surface area contributed by atoms with E-state index in [4.69, 9.17) is 0 Å². The summed E-state index contributed by atoms with van der Waals surface area (Å²) < 4.78 is 0. The van der Waals surface area contributed by atoms with Crippen LogP contribution in [-0.2, 0) is 4.79 Å². The molecule has 0 radical (unpaired) electrons. The fourth-order valence-electron chi connectivity index (χ4n) is 2.13. The normalized spacial score (nSPS) is 13.4. The van der Waals surface area contributed by atoms with E-state index >= 15 is 0 Å². The van der Waals surface area contributed by atoms with Crippen molar-refractivity contribution < 1.29 is 4.79 Å². The maximum Gasteiger partial charge on any atom is 0.230 e. The lowest BCUT2D eigenvalue weighted by Crippen LogP contribution is -2.28. The summed E-state index contributed by atoms with van der Waals surface area (Å²) in [5.41, 5.74) is 2.39. The number of rotatable bonds is 6. The first-order chi connectivity index (χ1) is 10.2. The Hall–Kier alpha value is -1.74. The Morgan fingerprint density at radius 3 is 2.05 bits per heavy atom. The van der Waals surface area contributed by atoms with E-state index < -0.39 is 0 Å². The first-order valence-electron chi connectivity index (χ1n) is 7.17. The first-order valence-corrected chi connectivity index (χ1v) is 8.22. The highest BCUT2D eigenvalue weighted by molar-refractivity contribution is 8.00. The summed E-state index contributed by atoms with van der Waals surface area (Å²) in [5, 5.41) is 3.37. The Bertz CT molecular complexity index is 556. The second kappa shape index (κ2) is 7.89. The van der Waals surface area contributed by atoms with Crippen LogP contribution in [0, 0.1) is 0 Å². The van der Waals surface area contributed by atoms with Crippen LogP contribution in [0.3, 0.4) is 0 Å². The van der Waals surface area contributed by atoms with Crippen molar-refractivity contribution in [3.8, 4) is 0 Å². The van der Waals surface area contributed by atoms with E-state index in [0.717, 1.165) is 5.56 Å². The maximum atomic E-state index is 12.0. The summed E-state index contributed by atoms with van der Waals surface area (Å²) >= 11 is 1.66. The van der Waals surface area contributed by atoms with E-state index in [9.17, 15) is 4.79 Å². The zero-order valence-corrected chi connectivity index (χ0v) is 13.3. The molecule has 110 valence electrons. The van der Waals surface area contributed by atoms with Gasteiger partial charge in [0.25, 0.3) is 0 Å². The molecule has 0 unspecified atom stereocenters. The summed E-state index contributed by atoms with van der Waals surface area (Å²) in [6, 6.07) is 20.3. The third kappa shape index (κ3) is 4.94. The summed E-state index contributed by atoms with van der Waals surface area (Å²) in [6.07, 6.45) is 0. The Morgan fingerprint density at radius 1 is 0.952 bits per heavy atom. The molecule has 1 amide bonds. The summed E-state index contributed by atoms with van der Waals surface area (Å²) in [6.45, 7) is 4.15. The van der Waals surface area contributed by atoms with Gasteiger partial charge in [-0.3, -0.25) is 4.79 Å². The molecule has 0 bridgehead atoms. The minimum atomic E-state index is 0.0475. The number of benzene rings is 2. The van der Waals surface area contributed by atoms with Crippen molar-refractivity contribution in [3.05, 3.63) is 71.8 Å². The van der Waals surface area contributed by atoms with Gasteiger partial charge < -0.3 is 5.32 Å². The fourth-order valence-corrected chi connectivity index (χ4v) is 2.96. The van der Waals surface area contributed by atoms with E-state index in [2.05, 4.69) is 24.4 Å². The summed E-state index contributed by atoms with van der Waals surface area (Å²) in [4.78, 5) is 12.0. The van der Waals surface area contributed by atoms with Crippen LogP contribution < -0.4 is 5.32 Å². The number of thioether (sulfide) groups is 1. The lowest BCUT2D eigenvalue weighted by atomic mass is 10.1. The van der Waals surface area contributed by atoms with Gasteiger partial charge in [0.15, 0.2) is 0 Å². The average Bonchev–Trinajstić information content (AvgIpc) is 2.54. The predicted octanol–water partition coefficient (Wildman–Crippen LogP) is 4.36. The second-order valence-corrected chi connectivity index (χ2v) is 6.39. The molecule has 0 aliphatic carbocycles. The van der Waals surface area contributed by atoms with Gasteiger partial charge in [0.05, 0.1) is 11.8 Å². The van der Waals surface area contributed by atoms with Crippen molar-refractivity contribution in [3.63, 3.8) is 0 Å². The Labute approximate surface area is 131 Å². The zero-order valence-electron chi connectivity index (χ0n) is 12.5. The molecule has 0 aliphatic rings. The van der Waals surface area contributed by atoms with Gasteiger partial charge in [0.1, 0.15) is 0 Å². The monoisotopic (exact) mass is 299 g/mol. The van der Waals surface area contributed by atoms with E-state index in [1.165, 1.54) is 5.56 Å². The molecule has 3 heteroatoms. The van der Waals surface area contributed by atoms with Gasteiger partial charge >= 0.3 is 0 Å². The lowest BCUT2D eigenvalue weighted by molar-refractivity contribution is -0.119. The Morgan fingerprint density at radius 2 is 1.48 bits per heavy atom. The van der Waals surface area contributed by atoms with Crippen LogP contribution in [0.2, 0.25) is 0 Å². The third-order valence-corrected chi connectivity index (χ3v) is 4.61. The van der Waals surface area contributed by atoms with Gasteiger partial charge in [-0.05, 0) is 25.0 Å². The van der Waals surface area contributed by atoms with Crippen molar-refractivity contribution in [2.24, 2.45) is 0 Å². The van der Waals surface area contributed by atoms with E-state index in [-0.39, 0.29) is 11.9 Å². The molecule has 2 aromatic carbocycles. The van der Waals surface area contributed by atoms with Crippen molar-refractivity contribution >= 4 is 17.7 Å².